The number of carbonyl (C=O) groups excluding carboxylic acids is 2. The Morgan fingerprint density at radius 3 is 1.98 bits per heavy atom. The predicted molar refractivity (Wildman–Crippen MR) is 168 cm³/mol. The summed E-state index contributed by atoms with van der Waals surface area (Å²) >= 11 is 0. The minimum atomic E-state index is -0.806. The zero-order valence-corrected chi connectivity index (χ0v) is 24.5. The van der Waals surface area contributed by atoms with Gasteiger partial charge in [0.1, 0.15) is 30.6 Å². The molecule has 226 valence electrons. The van der Waals surface area contributed by atoms with E-state index in [-0.39, 0.29) is 19.1 Å². The highest BCUT2D eigenvalue weighted by Crippen LogP contribution is 2.22. The van der Waals surface area contributed by atoms with Gasteiger partial charge in [-0.15, -0.1) is 0 Å². The molecule has 0 radical (unpaired) electrons. The van der Waals surface area contributed by atoms with Gasteiger partial charge in [-0.05, 0) is 60.2 Å². The lowest BCUT2D eigenvalue weighted by Gasteiger charge is -2.09. The first-order valence-electron chi connectivity index (χ1n) is 14.7. The van der Waals surface area contributed by atoms with Crippen molar-refractivity contribution in [2.24, 2.45) is 0 Å². The van der Waals surface area contributed by atoms with Gasteiger partial charge >= 0.3 is 6.09 Å². The van der Waals surface area contributed by atoms with Crippen LogP contribution >= 0.6 is 0 Å². The van der Waals surface area contributed by atoms with Crippen LogP contribution in [0.2, 0.25) is 0 Å². The zero-order valence-electron chi connectivity index (χ0n) is 24.5. The van der Waals surface area contributed by atoms with E-state index in [0.29, 0.717) is 41.8 Å². The van der Waals surface area contributed by atoms with Crippen molar-refractivity contribution < 1.29 is 27.9 Å². The largest absolute Gasteiger partial charge is 0.487 e. The topological polar surface area (TPSA) is 108 Å². The summed E-state index contributed by atoms with van der Waals surface area (Å²) in [5.41, 5.74) is 4.33. The van der Waals surface area contributed by atoms with Crippen LogP contribution in [0.1, 0.15) is 52.7 Å². The molecule has 0 aliphatic carbocycles. The van der Waals surface area contributed by atoms with E-state index in [0.717, 1.165) is 28.0 Å². The maximum absolute atomic E-state index is 12.9. The van der Waals surface area contributed by atoms with Crippen molar-refractivity contribution in [1.29, 1.82) is 0 Å². The molecule has 5 aromatic rings. The fourth-order valence-corrected chi connectivity index (χ4v) is 4.79. The molecule has 1 saturated heterocycles. The minimum absolute atomic E-state index is 0.00164. The van der Waals surface area contributed by atoms with Gasteiger partial charge in [0, 0.05) is 12.2 Å². The normalized spacial score (nSPS) is 14.9. The molecule has 9 heteroatoms. The number of oxazole rings is 2. The molecule has 1 aliphatic rings. The highest BCUT2D eigenvalue weighted by atomic mass is 16.6. The van der Waals surface area contributed by atoms with Crippen molar-refractivity contribution in [3.8, 4) is 5.75 Å². The Balaban J connectivity index is 0.927. The lowest BCUT2D eigenvalue weighted by Crippen LogP contribution is -2.31. The van der Waals surface area contributed by atoms with E-state index < -0.39 is 12.2 Å². The van der Waals surface area contributed by atoms with Crippen LogP contribution in [0.15, 0.2) is 106 Å². The van der Waals surface area contributed by atoms with Crippen molar-refractivity contribution in [1.82, 2.24) is 14.9 Å². The molecule has 45 heavy (non-hydrogen) atoms. The standard InChI is InChI=1S/C36H31N3O6/c40-35-32(45-36(41)39(35)22-29-23-43-33(37-29)20-16-26-8-3-1-4-9-26)13-7-12-28-14-18-31(19-15-28)42-24-30-25-44-34(38-30)21-17-27-10-5-2-6-11-27/h1-6,8-11,14-21,23,25,32H,7,12-13,22,24H2. The molecule has 1 atom stereocenters. The van der Waals surface area contributed by atoms with Gasteiger partial charge in [0.05, 0.1) is 12.2 Å². The van der Waals surface area contributed by atoms with Crippen molar-refractivity contribution in [2.45, 2.75) is 38.5 Å². The number of amides is 2. The van der Waals surface area contributed by atoms with Crippen LogP contribution in [0.4, 0.5) is 4.79 Å². The van der Waals surface area contributed by atoms with Crippen molar-refractivity contribution in [2.75, 3.05) is 0 Å². The third-order valence-corrected chi connectivity index (χ3v) is 7.14. The second kappa shape index (κ2) is 14.2. The molecule has 3 heterocycles. The first kappa shape index (κ1) is 29.4. The van der Waals surface area contributed by atoms with Crippen molar-refractivity contribution >= 4 is 36.3 Å². The SMILES string of the molecule is O=C1OC(CCCc2ccc(OCc3coc(C=Cc4ccccc4)n3)cc2)C(=O)N1Cc1coc(C=Cc2ccccc2)n1. The highest BCUT2D eigenvalue weighted by Gasteiger charge is 2.40. The van der Waals surface area contributed by atoms with E-state index in [1.165, 1.54) is 6.26 Å². The van der Waals surface area contributed by atoms with Crippen LogP contribution in [-0.2, 0) is 29.1 Å². The Morgan fingerprint density at radius 1 is 0.733 bits per heavy atom. The third-order valence-electron chi connectivity index (χ3n) is 7.14. The molecular weight excluding hydrogens is 570 g/mol. The fraction of sp³-hybridized carbons (Fsp3) is 0.167. The summed E-state index contributed by atoms with van der Waals surface area (Å²) in [5, 5.41) is 0. The Kier molecular flexibility index (Phi) is 9.26. The van der Waals surface area contributed by atoms with Gasteiger partial charge in [-0.3, -0.25) is 4.79 Å². The average Bonchev–Trinajstić information content (AvgIpc) is 3.80. The molecule has 1 aliphatic heterocycles. The molecule has 9 nitrogen and oxygen atoms in total. The van der Waals surface area contributed by atoms with Gasteiger partial charge in [0.25, 0.3) is 5.91 Å². The Bertz CT molecular complexity index is 1770. The van der Waals surface area contributed by atoms with Gasteiger partial charge in [0.2, 0.25) is 11.8 Å². The maximum atomic E-state index is 12.9. The summed E-state index contributed by atoms with van der Waals surface area (Å²) in [4.78, 5) is 35.2. The molecule has 6 rings (SSSR count). The number of aryl methyl sites for hydroxylation is 1. The summed E-state index contributed by atoms with van der Waals surface area (Å²) in [6, 6.07) is 27.5. The number of benzene rings is 3. The summed E-state index contributed by atoms with van der Waals surface area (Å²) < 4.78 is 22.2. The van der Waals surface area contributed by atoms with Crippen LogP contribution in [0, 0.1) is 0 Å². The van der Waals surface area contributed by atoms with Crippen LogP contribution < -0.4 is 4.74 Å². The molecule has 2 amide bonds. The van der Waals surface area contributed by atoms with Gasteiger partial charge in [-0.2, -0.15) is 0 Å². The molecular formula is C36H31N3O6. The van der Waals surface area contributed by atoms with E-state index >= 15 is 0 Å². The molecule has 0 N–H and O–H groups in total. The van der Waals surface area contributed by atoms with Crippen LogP contribution in [0.25, 0.3) is 24.3 Å². The molecule has 1 fully saturated rings. The van der Waals surface area contributed by atoms with E-state index in [1.807, 2.05) is 103 Å². The van der Waals surface area contributed by atoms with E-state index in [9.17, 15) is 9.59 Å². The first-order chi connectivity index (χ1) is 22.1. The molecule has 1 unspecified atom stereocenters. The molecule has 0 saturated carbocycles. The lowest BCUT2D eigenvalue weighted by molar-refractivity contribution is -0.130. The zero-order chi connectivity index (χ0) is 30.8. The lowest BCUT2D eigenvalue weighted by atomic mass is 10.1. The monoisotopic (exact) mass is 601 g/mol. The number of aromatic nitrogens is 2. The van der Waals surface area contributed by atoms with Crippen molar-refractivity contribution in [3.63, 3.8) is 0 Å². The molecule has 3 aromatic carbocycles. The number of rotatable bonds is 13. The Morgan fingerprint density at radius 2 is 1.33 bits per heavy atom. The summed E-state index contributed by atoms with van der Waals surface area (Å²) in [6.07, 6.45) is 10.8. The van der Waals surface area contributed by atoms with Crippen LogP contribution in [-0.4, -0.2) is 33.0 Å². The highest BCUT2D eigenvalue weighted by molar-refractivity contribution is 5.99. The number of hydrogen-bond acceptors (Lipinski definition) is 8. The number of ether oxygens (including phenoxy) is 2. The second-order valence-electron chi connectivity index (χ2n) is 10.5. The van der Waals surface area contributed by atoms with Gasteiger partial charge in [0.15, 0.2) is 6.10 Å². The summed E-state index contributed by atoms with van der Waals surface area (Å²) in [5.74, 6) is 1.26. The summed E-state index contributed by atoms with van der Waals surface area (Å²) in [7, 11) is 0. The number of cyclic esters (lactones) is 1. The van der Waals surface area contributed by atoms with Crippen molar-refractivity contribution in [3.05, 3.63) is 137 Å². The second-order valence-corrected chi connectivity index (χ2v) is 10.5. The third kappa shape index (κ3) is 8.03. The fourth-order valence-electron chi connectivity index (χ4n) is 4.79. The van der Waals surface area contributed by atoms with E-state index in [1.54, 1.807) is 12.3 Å². The van der Waals surface area contributed by atoms with E-state index in [2.05, 4.69) is 9.97 Å². The minimum Gasteiger partial charge on any atom is -0.487 e. The molecule has 2 aromatic heterocycles. The average molecular weight is 602 g/mol. The van der Waals surface area contributed by atoms with Gasteiger partial charge in [-0.25, -0.2) is 19.7 Å². The summed E-state index contributed by atoms with van der Waals surface area (Å²) in [6.45, 7) is 0.284. The number of nitrogens with zero attached hydrogens (tertiary/aromatic N) is 3. The molecule has 0 bridgehead atoms. The quantitative estimate of drug-likeness (QED) is 0.137. The van der Waals surface area contributed by atoms with Gasteiger partial charge < -0.3 is 18.3 Å². The van der Waals surface area contributed by atoms with Crippen LogP contribution in [0.5, 0.6) is 5.75 Å². The first-order valence-corrected chi connectivity index (χ1v) is 14.7. The Labute approximate surface area is 260 Å². The number of carbonyl (C=O) groups is 2. The maximum Gasteiger partial charge on any atom is 0.417 e. The smallest absolute Gasteiger partial charge is 0.417 e. The Hall–Kier alpha value is -5.70. The van der Waals surface area contributed by atoms with Gasteiger partial charge in [-0.1, -0.05) is 72.8 Å². The number of hydrogen-bond donors (Lipinski definition) is 0. The molecule has 0 spiro atoms. The van der Waals surface area contributed by atoms with E-state index in [4.69, 9.17) is 18.3 Å². The predicted octanol–water partition coefficient (Wildman–Crippen LogP) is 7.45. The number of imide groups is 1. The van der Waals surface area contributed by atoms with Crippen LogP contribution in [0.3, 0.4) is 0 Å².